The quantitative estimate of drug-likeness (QED) is 0.663. The summed E-state index contributed by atoms with van der Waals surface area (Å²) in [7, 11) is 0. The molecule has 0 aromatic rings. The number of carboxylic acids is 1. The Morgan fingerprint density at radius 2 is 1.79 bits per heavy atom. The SMILES string of the molecule is C/C=C(/NC(=O)C1[C@@H](C)[C@H]1C)C(=O)O. The molecule has 1 fully saturated rings. The van der Waals surface area contributed by atoms with Gasteiger partial charge in [0.2, 0.25) is 5.91 Å². The van der Waals surface area contributed by atoms with E-state index in [9.17, 15) is 9.59 Å². The Labute approximate surface area is 83.0 Å². The van der Waals surface area contributed by atoms with E-state index in [0.29, 0.717) is 11.8 Å². The minimum absolute atomic E-state index is 0.0238. The normalized spacial score (nSPS) is 31.1. The highest BCUT2D eigenvalue weighted by Crippen LogP contribution is 2.45. The zero-order valence-corrected chi connectivity index (χ0v) is 8.57. The Bertz CT molecular complexity index is 288. The van der Waals surface area contributed by atoms with Crippen LogP contribution in [0.3, 0.4) is 0 Å². The fourth-order valence-electron chi connectivity index (χ4n) is 1.61. The Hall–Kier alpha value is -1.32. The van der Waals surface area contributed by atoms with Crippen molar-refractivity contribution in [3.8, 4) is 0 Å². The van der Waals surface area contributed by atoms with Gasteiger partial charge in [-0.05, 0) is 18.8 Å². The van der Waals surface area contributed by atoms with Crippen LogP contribution in [-0.4, -0.2) is 17.0 Å². The molecule has 0 saturated heterocycles. The van der Waals surface area contributed by atoms with Gasteiger partial charge in [-0.3, -0.25) is 4.79 Å². The van der Waals surface area contributed by atoms with Crippen LogP contribution in [0.4, 0.5) is 0 Å². The number of hydrogen-bond donors (Lipinski definition) is 2. The molecule has 1 saturated carbocycles. The molecule has 0 aliphatic heterocycles. The van der Waals surface area contributed by atoms with Gasteiger partial charge in [-0.25, -0.2) is 4.79 Å². The van der Waals surface area contributed by atoms with Gasteiger partial charge in [0.1, 0.15) is 5.70 Å². The molecular formula is C10H15NO3. The molecule has 1 aliphatic rings. The maximum absolute atomic E-state index is 11.5. The first kappa shape index (κ1) is 10.8. The lowest BCUT2D eigenvalue weighted by Crippen LogP contribution is -2.29. The minimum Gasteiger partial charge on any atom is -0.477 e. The molecule has 0 spiro atoms. The number of aliphatic carboxylic acids is 1. The van der Waals surface area contributed by atoms with Crippen molar-refractivity contribution >= 4 is 11.9 Å². The van der Waals surface area contributed by atoms with E-state index in [1.165, 1.54) is 6.08 Å². The van der Waals surface area contributed by atoms with E-state index in [0.717, 1.165) is 0 Å². The standard InChI is InChI=1S/C10H15NO3/c1-4-7(10(13)14)11-9(12)8-5(2)6(8)3/h4-6,8H,1-3H3,(H,11,12)(H,13,14)/b7-4+/t5-,6+,8?. The van der Waals surface area contributed by atoms with Crippen molar-refractivity contribution in [1.29, 1.82) is 0 Å². The lowest BCUT2D eigenvalue weighted by atomic mass is 10.3. The number of carbonyl (C=O) groups excluding carboxylic acids is 1. The van der Waals surface area contributed by atoms with Crippen LogP contribution < -0.4 is 5.32 Å². The number of amides is 1. The third-order valence-corrected chi connectivity index (χ3v) is 2.90. The highest BCUT2D eigenvalue weighted by atomic mass is 16.4. The van der Waals surface area contributed by atoms with Crippen molar-refractivity contribution in [1.82, 2.24) is 5.32 Å². The first-order valence-corrected chi connectivity index (χ1v) is 4.69. The monoisotopic (exact) mass is 197 g/mol. The van der Waals surface area contributed by atoms with E-state index in [2.05, 4.69) is 5.32 Å². The lowest BCUT2D eigenvalue weighted by molar-refractivity contribution is -0.135. The van der Waals surface area contributed by atoms with Gasteiger partial charge < -0.3 is 10.4 Å². The van der Waals surface area contributed by atoms with E-state index in [1.807, 2.05) is 13.8 Å². The smallest absolute Gasteiger partial charge is 0.352 e. The van der Waals surface area contributed by atoms with Gasteiger partial charge in [-0.15, -0.1) is 0 Å². The first-order valence-electron chi connectivity index (χ1n) is 4.69. The number of hydrogen-bond acceptors (Lipinski definition) is 2. The zero-order chi connectivity index (χ0) is 10.9. The summed E-state index contributed by atoms with van der Waals surface area (Å²) in [6, 6.07) is 0. The molecule has 4 nitrogen and oxygen atoms in total. The molecule has 1 aliphatic carbocycles. The van der Waals surface area contributed by atoms with Gasteiger partial charge >= 0.3 is 5.97 Å². The van der Waals surface area contributed by atoms with E-state index in [-0.39, 0.29) is 17.5 Å². The predicted molar refractivity (Wildman–Crippen MR) is 51.4 cm³/mol. The maximum atomic E-state index is 11.5. The van der Waals surface area contributed by atoms with E-state index < -0.39 is 5.97 Å². The average Bonchev–Trinajstić information content (AvgIpc) is 2.70. The summed E-state index contributed by atoms with van der Waals surface area (Å²) in [5.41, 5.74) is -0.0405. The molecule has 1 amide bonds. The molecular weight excluding hydrogens is 182 g/mol. The number of nitrogens with one attached hydrogen (secondary N) is 1. The predicted octanol–water partition coefficient (Wildman–Crippen LogP) is 0.993. The Kier molecular flexibility index (Phi) is 2.93. The molecule has 0 bridgehead atoms. The van der Waals surface area contributed by atoms with Crippen molar-refractivity contribution in [2.75, 3.05) is 0 Å². The van der Waals surface area contributed by atoms with Gasteiger partial charge in [-0.2, -0.15) is 0 Å². The minimum atomic E-state index is -1.10. The molecule has 0 heterocycles. The fraction of sp³-hybridized carbons (Fsp3) is 0.600. The number of allylic oxidation sites excluding steroid dienone is 1. The topological polar surface area (TPSA) is 66.4 Å². The van der Waals surface area contributed by atoms with Crippen LogP contribution in [-0.2, 0) is 9.59 Å². The molecule has 1 rings (SSSR count). The van der Waals surface area contributed by atoms with Gasteiger partial charge in [0, 0.05) is 5.92 Å². The number of carboxylic acid groups (broad SMARTS) is 1. The van der Waals surface area contributed by atoms with Crippen LogP contribution in [0.5, 0.6) is 0 Å². The van der Waals surface area contributed by atoms with Crippen molar-refractivity contribution in [2.24, 2.45) is 17.8 Å². The van der Waals surface area contributed by atoms with Gasteiger partial charge in [-0.1, -0.05) is 19.9 Å². The van der Waals surface area contributed by atoms with Gasteiger partial charge in [0.05, 0.1) is 0 Å². The fourth-order valence-corrected chi connectivity index (χ4v) is 1.61. The molecule has 1 unspecified atom stereocenters. The third kappa shape index (κ3) is 1.95. The zero-order valence-electron chi connectivity index (χ0n) is 8.57. The molecule has 2 N–H and O–H groups in total. The molecule has 0 aromatic heterocycles. The maximum Gasteiger partial charge on any atom is 0.352 e. The molecule has 78 valence electrons. The average molecular weight is 197 g/mol. The van der Waals surface area contributed by atoms with Crippen molar-refractivity contribution in [2.45, 2.75) is 20.8 Å². The molecule has 4 heteroatoms. The van der Waals surface area contributed by atoms with Crippen LogP contribution in [0.25, 0.3) is 0 Å². The number of carbonyl (C=O) groups is 2. The van der Waals surface area contributed by atoms with Crippen molar-refractivity contribution in [3.05, 3.63) is 11.8 Å². The molecule has 0 radical (unpaired) electrons. The van der Waals surface area contributed by atoms with Crippen molar-refractivity contribution < 1.29 is 14.7 Å². The largest absolute Gasteiger partial charge is 0.477 e. The second-order valence-electron chi connectivity index (χ2n) is 3.74. The summed E-state index contributed by atoms with van der Waals surface area (Å²) in [6.45, 7) is 5.57. The van der Waals surface area contributed by atoms with Gasteiger partial charge in [0.15, 0.2) is 0 Å². The highest BCUT2D eigenvalue weighted by Gasteiger charge is 2.48. The molecule has 0 aromatic carbocycles. The second-order valence-corrected chi connectivity index (χ2v) is 3.74. The summed E-state index contributed by atoms with van der Waals surface area (Å²) in [6.07, 6.45) is 1.39. The van der Waals surface area contributed by atoms with Crippen LogP contribution in [0.2, 0.25) is 0 Å². The third-order valence-electron chi connectivity index (χ3n) is 2.90. The van der Waals surface area contributed by atoms with E-state index in [1.54, 1.807) is 6.92 Å². The highest BCUT2D eigenvalue weighted by molar-refractivity contribution is 5.94. The molecule has 14 heavy (non-hydrogen) atoms. The van der Waals surface area contributed by atoms with Crippen molar-refractivity contribution in [3.63, 3.8) is 0 Å². The Morgan fingerprint density at radius 3 is 2.07 bits per heavy atom. The number of rotatable bonds is 3. The second kappa shape index (κ2) is 3.82. The molecule has 3 atom stereocenters. The lowest BCUT2D eigenvalue weighted by Gasteiger charge is -2.03. The Balaban J connectivity index is 2.53. The van der Waals surface area contributed by atoms with Crippen LogP contribution in [0, 0.1) is 17.8 Å². The Morgan fingerprint density at radius 1 is 1.29 bits per heavy atom. The summed E-state index contributed by atoms with van der Waals surface area (Å²) < 4.78 is 0. The van der Waals surface area contributed by atoms with E-state index >= 15 is 0 Å². The van der Waals surface area contributed by atoms with Gasteiger partial charge in [0.25, 0.3) is 0 Å². The summed E-state index contributed by atoms with van der Waals surface area (Å²) >= 11 is 0. The van der Waals surface area contributed by atoms with Crippen LogP contribution >= 0.6 is 0 Å². The summed E-state index contributed by atoms with van der Waals surface area (Å²) in [4.78, 5) is 22.1. The van der Waals surface area contributed by atoms with E-state index in [4.69, 9.17) is 5.11 Å². The first-order chi connectivity index (χ1) is 6.49. The van der Waals surface area contributed by atoms with Crippen LogP contribution in [0.15, 0.2) is 11.8 Å². The van der Waals surface area contributed by atoms with Crippen LogP contribution in [0.1, 0.15) is 20.8 Å². The summed E-state index contributed by atoms with van der Waals surface area (Å²) in [5.74, 6) is -0.574. The summed E-state index contributed by atoms with van der Waals surface area (Å²) in [5, 5.41) is 11.1.